The summed E-state index contributed by atoms with van der Waals surface area (Å²) >= 11 is 11.9. The van der Waals surface area contributed by atoms with E-state index in [1.54, 1.807) is 0 Å². The summed E-state index contributed by atoms with van der Waals surface area (Å²) in [7, 11) is 0. The molecule has 90 valence electrons. The molecular weight excluding hydrogens is 241 g/mol. The normalized spacial score (nSPS) is 15.2. The van der Waals surface area contributed by atoms with Crippen molar-refractivity contribution in [2.75, 3.05) is 6.54 Å². The fraction of sp³-hybridized carbons (Fsp3) is 0.538. The Bertz CT molecular complexity index is 363. The van der Waals surface area contributed by atoms with Gasteiger partial charge in [-0.05, 0) is 42.0 Å². The van der Waals surface area contributed by atoms with Crippen LogP contribution in [0.3, 0.4) is 0 Å². The molecule has 0 aromatic heterocycles. The van der Waals surface area contributed by atoms with Crippen molar-refractivity contribution in [2.24, 2.45) is 17.1 Å². The predicted molar refractivity (Wildman–Crippen MR) is 72.2 cm³/mol. The van der Waals surface area contributed by atoms with E-state index in [0.29, 0.717) is 22.5 Å². The molecule has 2 N–H and O–H groups in total. The van der Waals surface area contributed by atoms with Gasteiger partial charge in [0, 0.05) is 0 Å². The van der Waals surface area contributed by atoms with Crippen LogP contribution in [0, 0.1) is 11.3 Å². The van der Waals surface area contributed by atoms with Crippen LogP contribution in [-0.4, -0.2) is 6.54 Å². The summed E-state index contributed by atoms with van der Waals surface area (Å²) in [6.45, 7) is 7.28. The van der Waals surface area contributed by atoms with E-state index in [2.05, 4.69) is 20.8 Å². The molecule has 1 atom stereocenters. The van der Waals surface area contributed by atoms with E-state index in [-0.39, 0.29) is 5.41 Å². The largest absolute Gasteiger partial charge is 0.330 e. The maximum atomic E-state index is 6.00. The maximum Gasteiger partial charge on any atom is 0.0595 e. The highest BCUT2D eigenvalue weighted by atomic mass is 35.5. The molecule has 16 heavy (non-hydrogen) atoms. The molecule has 1 rings (SSSR count). The van der Waals surface area contributed by atoms with Gasteiger partial charge in [0.2, 0.25) is 0 Å². The van der Waals surface area contributed by atoms with Crippen molar-refractivity contribution >= 4 is 23.2 Å². The van der Waals surface area contributed by atoms with E-state index in [4.69, 9.17) is 28.9 Å². The first kappa shape index (κ1) is 13.8. The molecule has 0 amide bonds. The van der Waals surface area contributed by atoms with Gasteiger partial charge in [0.25, 0.3) is 0 Å². The highest BCUT2D eigenvalue weighted by Crippen LogP contribution is 2.32. The van der Waals surface area contributed by atoms with Crippen LogP contribution in [0.4, 0.5) is 0 Å². The topological polar surface area (TPSA) is 26.0 Å². The van der Waals surface area contributed by atoms with Crippen LogP contribution in [0.25, 0.3) is 0 Å². The van der Waals surface area contributed by atoms with Gasteiger partial charge in [0.05, 0.1) is 10.0 Å². The molecule has 0 saturated heterocycles. The minimum absolute atomic E-state index is 0.108. The third-order valence-corrected chi connectivity index (χ3v) is 4.19. The molecule has 0 fully saturated rings. The molecule has 1 unspecified atom stereocenters. The first-order valence-corrected chi connectivity index (χ1v) is 6.28. The number of rotatable bonds is 4. The summed E-state index contributed by atoms with van der Waals surface area (Å²) < 4.78 is 0. The lowest BCUT2D eigenvalue weighted by Crippen LogP contribution is -2.34. The van der Waals surface area contributed by atoms with Crippen molar-refractivity contribution in [1.29, 1.82) is 0 Å². The Morgan fingerprint density at radius 1 is 1.25 bits per heavy atom. The Hall–Kier alpha value is -0.240. The molecule has 0 aliphatic carbocycles. The SMILES string of the molecule is CC(C)C(C)(CN)Cc1ccc(Cl)c(Cl)c1. The minimum atomic E-state index is 0.108. The van der Waals surface area contributed by atoms with Crippen molar-refractivity contribution in [3.05, 3.63) is 33.8 Å². The maximum absolute atomic E-state index is 6.00. The molecule has 3 heteroatoms. The molecule has 1 nitrogen and oxygen atoms in total. The second-order valence-corrected chi connectivity index (χ2v) is 5.75. The Balaban J connectivity index is 2.90. The van der Waals surface area contributed by atoms with Crippen LogP contribution >= 0.6 is 23.2 Å². The lowest BCUT2D eigenvalue weighted by molar-refractivity contribution is 0.227. The summed E-state index contributed by atoms with van der Waals surface area (Å²) in [6.07, 6.45) is 0.929. The van der Waals surface area contributed by atoms with E-state index in [1.807, 2.05) is 18.2 Å². The number of hydrogen-bond acceptors (Lipinski definition) is 1. The van der Waals surface area contributed by atoms with Crippen LogP contribution in [0.15, 0.2) is 18.2 Å². The highest BCUT2D eigenvalue weighted by Gasteiger charge is 2.27. The van der Waals surface area contributed by atoms with E-state index in [9.17, 15) is 0 Å². The van der Waals surface area contributed by atoms with Crippen molar-refractivity contribution in [3.8, 4) is 0 Å². The van der Waals surface area contributed by atoms with Gasteiger partial charge in [0.15, 0.2) is 0 Å². The highest BCUT2D eigenvalue weighted by molar-refractivity contribution is 6.42. The Labute approximate surface area is 108 Å². The monoisotopic (exact) mass is 259 g/mol. The molecule has 1 aromatic carbocycles. The minimum Gasteiger partial charge on any atom is -0.330 e. The average Bonchev–Trinajstić information content (AvgIpc) is 2.23. The number of hydrogen-bond donors (Lipinski definition) is 1. The fourth-order valence-electron chi connectivity index (χ4n) is 1.63. The van der Waals surface area contributed by atoms with Gasteiger partial charge in [-0.2, -0.15) is 0 Å². The van der Waals surface area contributed by atoms with Gasteiger partial charge < -0.3 is 5.73 Å². The average molecular weight is 260 g/mol. The van der Waals surface area contributed by atoms with E-state index < -0.39 is 0 Å². The van der Waals surface area contributed by atoms with E-state index in [0.717, 1.165) is 6.42 Å². The van der Waals surface area contributed by atoms with Crippen LogP contribution in [0.5, 0.6) is 0 Å². The van der Waals surface area contributed by atoms with Crippen LogP contribution < -0.4 is 5.73 Å². The second-order valence-electron chi connectivity index (χ2n) is 4.94. The Kier molecular flexibility index (Phi) is 4.66. The van der Waals surface area contributed by atoms with Gasteiger partial charge >= 0.3 is 0 Å². The Morgan fingerprint density at radius 2 is 1.88 bits per heavy atom. The molecule has 0 aliphatic rings. The van der Waals surface area contributed by atoms with Crippen molar-refractivity contribution in [2.45, 2.75) is 27.2 Å². The van der Waals surface area contributed by atoms with Crippen LogP contribution in [-0.2, 0) is 6.42 Å². The lowest BCUT2D eigenvalue weighted by atomic mass is 9.74. The van der Waals surface area contributed by atoms with E-state index >= 15 is 0 Å². The molecule has 0 saturated carbocycles. The zero-order valence-electron chi connectivity index (χ0n) is 10.1. The van der Waals surface area contributed by atoms with Gasteiger partial charge in [-0.1, -0.05) is 50.0 Å². The predicted octanol–water partition coefficient (Wildman–Crippen LogP) is 4.16. The van der Waals surface area contributed by atoms with Crippen LogP contribution in [0.2, 0.25) is 10.0 Å². The Morgan fingerprint density at radius 3 is 2.31 bits per heavy atom. The first-order valence-electron chi connectivity index (χ1n) is 5.53. The summed E-state index contributed by atoms with van der Waals surface area (Å²) in [5.41, 5.74) is 7.16. The van der Waals surface area contributed by atoms with Crippen molar-refractivity contribution in [3.63, 3.8) is 0 Å². The first-order chi connectivity index (χ1) is 7.39. The van der Waals surface area contributed by atoms with Gasteiger partial charge in [-0.15, -0.1) is 0 Å². The van der Waals surface area contributed by atoms with Crippen LogP contribution in [0.1, 0.15) is 26.3 Å². The number of benzene rings is 1. The summed E-state index contributed by atoms with van der Waals surface area (Å²) in [4.78, 5) is 0. The number of nitrogens with two attached hydrogens (primary N) is 1. The lowest BCUT2D eigenvalue weighted by Gasteiger charge is -2.32. The quantitative estimate of drug-likeness (QED) is 0.864. The third-order valence-electron chi connectivity index (χ3n) is 3.45. The standard InChI is InChI=1S/C13H19Cl2N/c1-9(2)13(3,8-16)7-10-4-5-11(14)12(15)6-10/h4-6,9H,7-8,16H2,1-3H3. The van der Waals surface area contributed by atoms with Gasteiger partial charge in [-0.25, -0.2) is 0 Å². The summed E-state index contributed by atoms with van der Waals surface area (Å²) in [6, 6.07) is 5.79. The van der Waals surface area contributed by atoms with Gasteiger partial charge in [0.1, 0.15) is 0 Å². The second kappa shape index (κ2) is 5.39. The smallest absolute Gasteiger partial charge is 0.0595 e. The number of halogens is 2. The molecule has 0 aliphatic heterocycles. The van der Waals surface area contributed by atoms with Crippen molar-refractivity contribution < 1.29 is 0 Å². The zero-order chi connectivity index (χ0) is 12.3. The molecule has 0 heterocycles. The molecule has 1 aromatic rings. The van der Waals surface area contributed by atoms with Gasteiger partial charge in [-0.3, -0.25) is 0 Å². The zero-order valence-corrected chi connectivity index (χ0v) is 11.6. The van der Waals surface area contributed by atoms with Crippen molar-refractivity contribution in [1.82, 2.24) is 0 Å². The molecular formula is C13H19Cl2N. The molecule has 0 spiro atoms. The molecule has 0 radical (unpaired) electrons. The third kappa shape index (κ3) is 3.13. The molecule has 0 bridgehead atoms. The summed E-state index contributed by atoms with van der Waals surface area (Å²) in [5, 5.41) is 1.21. The fourth-order valence-corrected chi connectivity index (χ4v) is 1.95. The summed E-state index contributed by atoms with van der Waals surface area (Å²) in [5.74, 6) is 0.534. The van der Waals surface area contributed by atoms with E-state index in [1.165, 1.54) is 5.56 Å².